The van der Waals surface area contributed by atoms with Crippen LogP contribution in [0.2, 0.25) is 0 Å². The van der Waals surface area contributed by atoms with Gasteiger partial charge in [0.05, 0.1) is 17.7 Å². The van der Waals surface area contributed by atoms with E-state index in [1.807, 2.05) is 0 Å². The Balaban J connectivity index is 2.71. The van der Waals surface area contributed by atoms with Crippen molar-refractivity contribution in [2.75, 3.05) is 25.1 Å². The molecule has 0 heterocycles. The molecule has 0 saturated carbocycles. The van der Waals surface area contributed by atoms with Crippen molar-refractivity contribution in [3.05, 3.63) is 29.3 Å². The van der Waals surface area contributed by atoms with Crippen molar-refractivity contribution in [1.82, 2.24) is 0 Å². The fourth-order valence-corrected chi connectivity index (χ4v) is 1.52. The Morgan fingerprint density at radius 1 is 1.33 bits per heavy atom. The highest BCUT2D eigenvalue weighted by atomic mass is 19.4. The smallest absolute Gasteiger partial charge is 0.417 e. The van der Waals surface area contributed by atoms with Crippen LogP contribution in [0.15, 0.2) is 18.2 Å². The Hall–Kier alpha value is -1.90. The van der Waals surface area contributed by atoms with Gasteiger partial charge in [-0.3, -0.25) is 0 Å². The topological polar surface area (TPSA) is 58.6 Å². The molecule has 9 heteroatoms. The Labute approximate surface area is 116 Å². The van der Waals surface area contributed by atoms with E-state index in [0.29, 0.717) is 6.07 Å². The van der Waals surface area contributed by atoms with E-state index < -0.39 is 36.3 Å². The number of hydrogen-bond donors (Lipinski definition) is 2. The maximum absolute atomic E-state index is 12.7. The van der Waals surface area contributed by atoms with Gasteiger partial charge in [-0.25, -0.2) is 13.6 Å². The van der Waals surface area contributed by atoms with Gasteiger partial charge in [-0.1, -0.05) is 0 Å². The number of benzene rings is 1. The number of rotatable bonds is 7. The molecule has 0 fully saturated rings. The van der Waals surface area contributed by atoms with E-state index >= 15 is 0 Å². The van der Waals surface area contributed by atoms with Crippen LogP contribution >= 0.6 is 0 Å². The summed E-state index contributed by atoms with van der Waals surface area (Å²) in [4.78, 5) is 10.7. The average molecular weight is 313 g/mol. The zero-order valence-electron chi connectivity index (χ0n) is 10.6. The normalized spacial score (nSPS) is 11.7. The summed E-state index contributed by atoms with van der Waals surface area (Å²) >= 11 is 0. The van der Waals surface area contributed by atoms with Crippen LogP contribution in [0.25, 0.3) is 0 Å². The summed E-state index contributed by atoms with van der Waals surface area (Å²) in [7, 11) is 0. The summed E-state index contributed by atoms with van der Waals surface area (Å²) in [6.45, 7) is -0.865. The monoisotopic (exact) mass is 313 g/mol. The molecule has 1 aromatic rings. The van der Waals surface area contributed by atoms with Crippen molar-refractivity contribution in [2.24, 2.45) is 0 Å². The molecule has 0 aliphatic rings. The van der Waals surface area contributed by atoms with Gasteiger partial charge in [0.15, 0.2) is 0 Å². The number of carboxylic acids is 1. The standard InChI is InChI=1S/C12H12F5NO3/c13-10(14)6-21-4-3-18-7-1-2-8(11(19)20)9(5-7)12(15,16)17/h1-2,5,10,18H,3-4,6H2,(H,19,20). The Kier molecular flexibility index (Phi) is 5.89. The van der Waals surface area contributed by atoms with Crippen molar-refractivity contribution < 1.29 is 36.6 Å². The third-order valence-corrected chi connectivity index (χ3v) is 2.37. The largest absolute Gasteiger partial charge is 0.478 e. The lowest BCUT2D eigenvalue weighted by Gasteiger charge is -2.13. The number of anilines is 1. The van der Waals surface area contributed by atoms with Crippen LogP contribution in [0, 0.1) is 0 Å². The van der Waals surface area contributed by atoms with Crippen LogP contribution < -0.4 is 5.32 Å². The third-order valence-electron chi connectivity index (χ3n) is 2.37. The minimum atomic E-state index is -4.81. The van der Waals surface area contributed by atoms with E-state index in [4.69, 9.17) is 5.11 Å². The molecule has 0 bridgehead atoms. The highest BCUT2D eigenvalue weighted by Gasteiger charge is 2.35. The van der Waals surface area contributed by atoms with E-state index in [1.165, 1.54) is 0 Å². The minimum absolute atomic E-state index is 0.0104. The average Bonchev–Trinajstić information content (AvgIpc) is 2.36. The first-order chi connectivity index (χ1) is 9.71. The van der Waals surface area contributed by atoms with Crippen molar-refractivity contribution in [1.29, 1.82) is 0 Å². The number of aromatic carboxylic acids is 1. The lowest BCUT2D eigenvalue weighted by molar-refractivity contribution is -0.138. The molecular weight excluding hydrogens is 301 g/mol. The van der Waals surface area contributed by atoms with Gasteiger partial charge in [0.2, 0.25) is 0 Å². The summed E-state index contributed by atoms with van der Waals surface area (Å²) in [5.74, 6) is -1.69. The van der Waals surface area contributed by atoms with E-state index in [0.717, 1.165) is 12.1 Å². The highest BCUT2D eigenvalue weighted by Crippen LogP contribution is 2.33. The van der Waals surface area contributed by atoms with Crippen molar-refractivity contribution >= 4 is 11.7 Å². The maximum atomic E-state index is 12.7. The lowest BCUT2D eigenvalue weighted by Crippen LogP contribution is -2.16. The van der Waals surface area contributed by atoms with Gasteiger partial charge in [0.1, 0.15) is 6.61 Å². The molecular formula is C12H12F5NO3. The van der Waals surface area contributed by atoms with E-state index in [1.54, 1.807) is 0 Å². The highest BCUT2D eigenvalue weighted by molar-refractivity contribution is 5.90. The fourth-order valence-electron chi connectivity index (χ4n) is 1.52. The zero-order chi connectivity index (χ0) is 16.0. The number of alkyl halides is 5. The first kappa shape index (κ1) is 17.2. The molecule has 0 saturated heterocycles. The Morgan fingerprint density at radius 3 is 2.52 bits per heavy atom. The number of carboxylic acid groups (broad SMARTS) is 1. The Morgan fingerprint density at radius 2 is 2.00 bits per heavy atom. The molecule has 0 aliphatic carbocycles. The van der Waals surface area contributed by atoms with Crippen LogP contribution in [0.3, 0.4) is 0 Å². The molecule has 0 aliphatic heterocycles. The quantitative estimate of drug-likeness (QED) is 0.600. The van der Waals surface area contributed by atoms with Gasteiger partial charge >= 0.3 is 12.1 Å². The molecule has 118 valence electrons. The first-order valence-electron chi connectivity index (χ1n) is 5.76. The Bertz CT molecular complexity index is 490. The molecule has 2 N–H and O–H groups in total. The second-order valence-electron chi connectivity index (χ2n) is 3.96. The second-order valence-corrected chi connectivity index (χ2v) is 3.96. The molecule has 0 radical (unpaired) electrons. The predicted octanol–water partition coefficient (Wildman–Crippen LogP) is 3.10. The first-order valence-corrected chi connectivity index (χ1v) is 5.76. The van der Waals surface area contributed by atoms with E-state index in [9.17, 15) is 26.7 Å². The van der Waals surface area contributed by atoms with Gasteiger partial charge in [-0.2, -0.15) is 13.2 Å². The number of halogens is 5. The summed E-state index contributed by atoms with van der Waals surface area (Å²) in [6.07, 6.45) is -7.42. The van der Waals surface area contributed by atoms with Crippen LogP contribution in [0.1, 0.15) is 15.9 Å². The van der Waals surface area contributed by atoms with Crippen molar-refractivity contribution in [2.45, 2.75) is 12.6 Å². The fraction of sp³-hybridized carbons (Fsp3) is 0.417. The van der Waals surface area contributed by atoms with Crippen molar-refractivity contribution in [3.63, 3.8) is 0 Å². The molecule has 0 atom stereocenters. The molecule has 0 spiro atoms. The maximum Gasteiger partial charge on any atom is 0.417 e. The van der Waals surface area contributed by atoms with Gasteiger partial charge in [-0.05, 0) is 18.2 Å². The van der Waals surface area contributed by atoms with E-state index in [2.05, 4.69) is 10.1 Å². The van der Waals surface area contributed by atoms with Gasteiger partial charge in [-0.15, -0.1) is 0 Å². The van der Waals surface area contributed by atoms with Gasteiger partial charge < -0.3 is 15.2 Å². The summed E-state index contributed by atoms with van der Waals surface area (Å²) < 4.78 is 66.2. The lowest BCUT2D eigenvalue weighted by atomic mass is 10.1. The van der Waals surface area contributed by atoms with Crippen LogP contribution in [-0.2, 0) is 10.9 Å². The number of hydrogen-bond acceptors (Lipinski definition) is 3. The van der Waals surface area contributed by atoms with Crippen LogP contribution in [-0.4, -0.2) is 37.3 Å². The van der Waals surface area contributed by atoms with Gasteiger partial charge in [0.25, 0.3) is 6.43 Å². The number of ether oxygens (including phenoxy) is 1. The number of nitrogens with one attached hydrogen (secondary N) is 1. The van der Waals surface area contributed by atoms with E-state index in [-0.39, 0.29) is 18.8 Å². The summed E-state index contributed by atoms with van der Waals surface area (Å²) in [5, 5.41) is 11.2. The van der Waals surface area contributed by atoms with Crippen LogP contribution in [0.5, 0.6) is 0 Å². The van der Waals surface area contributed by atoms with Gasteiger partial charge in [0, 0.05) is 12.2 Å². The summed E-state index contributed by atoms with van der Waals surface area (Å²) in [6, 6.07) is 2.63. The molecule has 0 unspecified atom stereocenters. The molecule has 0 aromatic heterocycles. The molecule has 4 nitrogen and oxygen atoms in total. The third kappa shape index (κ3) is 5.54. The van der Waals surface area contributed by atoms with Crippen molar-refractivity contribution in [3.8, 4) is 0 Å². The molecule has 0 amide bonds. The SMILES string of the molecule is O=C(O)c1ccc(NCCOCC(F)F)cc1C(F)(F)F. The zero-order valence-corrected chi connectivity index (χ0v) is 10.6. The number of carbonyl (C=O) groups is 1. The second kappa shape index (κ2) is 7.21. The minimum Gasteiger partial charge on any atom is -0.478 e. The summed E-state index contributed by atoms with van der Waals surface area (Å²) in [5.41, 5.74) is -2.12. The molecule has 21 heavy (non-hydrogen) atoms. The molecule has 1 rings (SSSR count). The predicted molar refractivity (Wildman–Crippen MR) is 63.7 cm³/mol. The van der Waals surface area contributed by atoms with Crippen LogP contribution in [0.4, 0.5) is 27.6 Å². The molecule has 1 aromatic carbocycles.